The van der Waals surface area contributed by atoms with Gasteiger partial charge in [0.15, 0.2) is 0 Å². The van der Waals surface area contributed by atoms with Gasteiger partial charge in [0.1, 0.15) is 5.82 Å². The fourth-order valence-corrected chi connectivity index (χ4v) is 3.91. The van der Waals surface area contributed by atoms with Gasteiger partial charge in [-0.3, -0.25) is 4.79 Å². The van der Waals surface area contributed by atoms with Crippen molar-refractivity contribution in [1.29, 1.82) is 0 Å². The zero-order valence-electron chi connectivity index (χ0n) is 15.5. The third-order valence-corrected chi connectivity index (χ3v) is 5.36. The molecule has 4 nitrogen and oxygen atoms in total. The topological polar surface area (TPSA) is 46.9 Å². The molecular weight excluding hydrogens is 365 g/mol. The number of nitrogens with zero attached hydrogens (tertiary/aromatic N) is 2. The molecule has 5 rings (SSSR count). The molecule has 142 valence electrons. The summed E-state index contributed by atoms with van der Waals surface area (Å²) in [5.41, 5.74) is 5.73. The molecule has 0 saturated heterocycles. The van der Waals surface area contributed by atoms with E-state index in [0.717, 1.165) is 22.4 Å². The van der Waals surface area contributed by atoms with Gasteiger partial charge in [-0.2, -0.15) is 0 Å². The van der Waals surface area contributed by atoms with Gasteiger partial charge in [-0.15, -0.1) is 0 Å². The van der Waals surface area contributed by atoms with Crippen LogP contribution < -0.4 is 5.32 Å². The summed E-state index contributed by atoms with van der Waals surface area (Å²) in [6.45, 7) is 0.472. The SMILES string of the molecule is O=C(NCC1c2ccccc2-c2cncn21)c1cccc(-c2ccc(F)cc2)c1. The lowest BCUT2D eigenvalue weighted by atomic mass is 10.0. The first-order chi connectivity index (χ1) is 14.2. The number of imidazole rings is 1. The predicted molar refractivity (Wildman–Crippen MR) is 110 cm³/mol. The minimum absolute atomic E-state index is 0.0212. The molecule has 0 aliphatic carbocycles. The molecular formula is C24H18FN3O. The number of rotatable bonds is 4. The van der Waals surface area contributed by atoms with Crippen LogP contribution in [0.25, 0.3) is 22.4 Å². The maximum absolute atomic E-state index is 13.2. The molecule has 1 aromatic heterocycles. The van der Waals surface area contributed by atoms with Crippen molar-refractivity contribution in [2.45, 2.75) is 6.04 Å². The summed E-state index contributed by atoms with van der Waals surface area (Å²) in [7, 11) is 0. The molecule has 0 saturated carbocycles. The van der Waals surface area contributed by atoms with Crippen molar-refractivity contribution in [3.63, 3.8) is 0 Å². The van der Waals surface area contributed by atoms with Gasteiger partial charge in [-0.25, -0.2) is 9.37 Å². The lowest BCUT2D eigenvalue weighted by Gasteiger charge is -2.16. The minimum Gasteiger partial charge on any atom is -0.350 e. The van der Waals surface area contributed by atoms with Crippen LogP contribution in [0.3, 0.4) is 0 Å². The summed E-state index contributed by atoms with van der Waals surface area (Å²) in [6.07, 6.45) is 3.66. The van der Waals surface area contributed by atoms with Crippen LogP contribution in [0.2, 0.25) is 0 Å². The summed E-state index contributed by atoms with van der Waals surface area (Å²) in [4.78, 5) is 17.1. The zero-order valence-corrected chi connectivity index (χ0v) is 15.5. The van der Waals surface area contributed by atoms with Gasteiger partial charge in [0, 0.05) is 17.7 Å². The predicted octanol–water partition coefficient (Wildman–Crippen LogP) is 4.69. The van der Waals surface area contributed by atoms with Crippen LogP contribution in [0, 0.1) is 5.82 Å². The molecule has 0 bridgehead atoms. The quantitative estimate of drug-likeness (QED) is 0.556. The highest BCUT2D eigenvalue weighted by Gasteiger charge is 2.28. The Kier molecular flexibility index (Phi) is 4.21. The average Bonchev–Trinajstić information content (AvgIpc) is 3.34. The Labute approximate surface area is 167 Å². The van der Waals surface area contributed by atoms with Gasteiger partial charge >= 0.3 is 0 Å². The van der Waals surface area contributed by atoms with Crippen LogP contribution in [0.5, 0.6) is 0 Å². The second kappa shape index (κ2) is 7.02. The van der Waals surface area contributed by atoms with E-state index in [4.69, 9.17) is 0 Å². The Balaban J connectivity index is 1.36. The standard InChI is InChI=1S/C24H18FN3O/c25-19-10-8-16(9-11-19)17-4-3-5-18(12-17)24(29)27-14-23-21-7-2-1-6-20(21)22-13-26-15-28(22)23/h1-13,15,23H,14H2,(H,27,29). The van der Waals surface area contributed by atoms with Crippen molar-refractivity contribution in [3.8, 4) is 22.4 Å². The van der Waals surface area contributed by atoms with E-state index >= 15 is 0 Å². The van der Waals surface area contributed by atoms with Crippen molar-refractivity contribution in [1.82, 2.24) is 14.9 Å². The van der Waals surface area contributed by atoms with E-state index < -0.39 is 0 Å². The van der Waals surface area contributed by atoms with Gasteiger partial charge < -0.3 is 9.88 Å². The largest absolute Gasteiger partial charge is 0.350 e. The van der Waals surface area contributed by atoms with Crippen molar-refractivity contribution in [3.05, 3.63) is 102 Å². The van der Waals surface area contributed by atoms with Crippen LogP contribution in [-0.4, -0.2) is 22.0 Å². The van der Waals surface area contributed by atoms with Gasteiger partial charge in [0.25, 0.3) is 5.91 Å². The number of nitrogens with one attached hydrogen (secondary N) is 1. The van der Waals surface area contributed by atoms with E-state index in [0.29, 0.717) is 12.1 Å². The van der Waals surface area contributed by atoms with Gasteiger partial charge in [-0.1, -0.05) is 48.5 Å². The van der Waals surface area contributed by atoms with Crippen molar-refractivity contribution in [2.75, 3.05) is 6.54 Å². The van der Waals surface area contributed by atoms with Gasteiger partial charge in [-0.05, 0) is 41.0 Å². The van der Waals surface area contributed by atoms with Crippen molar-refractivity contribution < 1.29 is 9.18 Å². The number of carbonyl (C=O) groups excluding carboxylic acids is 1. The summed E-state index contributed by atoms with van der Waals surface area (Å²) < 4.78 is 15.3. The highest BCUT2D eigenvalue weighted by Crippen LogP contribution is 2.38. The Morgan fingerprint density at radius 3 is 2.69 bits per heavy atom. The highest BCUT2D eigenvalue weighted by atomic mass is 19.1. The first kappa shape index (κ1) is 17.4. The van der Waals surface area contributed by atoms with Crippen LogP contribution in [0.1, 0.15) is 22.0 Å². The number of aromatic nitrogens is 2. The monoisotopic (exact) mass is 383 g/mol. The molecule has 3 aromatic carbocycles. The maximum Gasteiger partial charge on any atom is 0.251 e. The average molecular weight is 383 g/mol. The lowest BCUT2D eigenvalue weighted by Crippen LogP contribution is -2.30. The molecule has 5 heteroatoms. The van der Waals surface area contributed by atoms with E-state index in [1.165, 1.54) is 17.7 Å². The first-order valence-corrected chi connectivity index (χ1v) is 9.46. The summed E-state index contributed by atoms with van der Waals surface area (Å²) in [5, 5.41) is 3.05. The number of hydrogen-bond donors (Lipinski definition) is 1. The third kappa shape index (κ3) is 3.10. The van der Waals surface area contributed by atoms with Crippen LogP contribution >= 0.6 is 0 Å². The molecule has 1 atom stereocenters. The van der Waals surface area contributed by atoms with Gasteiger partial charge in [0.2, 0.25) is 0 Å². The number of benzene rings is 3. The highest BCUT2D eigenvalue weighted by molar-refractivity contribution is 5.95. The van der Waals surface area contributed by atoms with E-state index in [9.17, 15) is 9.18 Å². The minimum atomic E-state index is -0.279. The van der Waals surface area contributed by atoms with Crippen LogP contribution in [0.15, 0.2) is 85.3 Å². The Hall–Kier alpha value is -3.73. The van der Waals surface area contributed by atoms with Crippen molar-refractivity contribution >= 4 is 5.91 Å². The van der Waals surface area contributed by atoms with E-state index in [1.54, 1.807) is 24.5 Å². The van der Waals surface area contributed by atoms with E-state index in [-0.39, 0.29) is 17.8 Å². The number of carbonyl (C=O) groups is 1. The maximum atomic E-state index is 13.2. The fourth-order valence-electron chi connectivity index (χ4n) is 3.91. The van der Waals surface area contributed by atoms with E-state index in [1.807, 2.05) is 36.5 Å². The summed E-state index contributed by atoms with van der Waals surface area (Å²) in [5.74, 6) is -0.418. The van der Waals surface area contributed by atoms with Crippen LogP contribution in [-0.2, 0) is 0 Å². The Morgan fingerprint density at radius 2 is 1.83 bits per heavy atom. The van der Waals surface area contributed by atoms with Crippen LogP contribution in [0.4, 0.5) is 4.39 Å². The second-order valence-corrected chi connectivity index (χ2v) is 7.09. The molecule has 1 N–H and O–H groups in total. The molecule has 0 fully saturated rings. The number of fused-ring (bicyclic) bond motifs is 3. The fraction of sp³-hybridized carbons (Fsp3) is 0.0833. The molecule has 4 aromatic rings. The number of hydrogen-bond acceptors (Lipinski definition) is 2. The molecule has 0 radical (unpaired) electrons. The molecule has 1 aliphatic heterocycles. The molecule has 29 heavy (non-hydrogen) atoms. The number of halogens is 1. The van der Waals surface area contributed by atoms with Gasteiger partial charge in [0.05, 0.1) is 24.3 Å². The molecule has 0 spiro atoms. The number of amides is 1. The first-order valence-electron chi connectivity index (χ1n) is 9.46. The molecule has 1 amide bonds. The second-order valence-electron chi connectivity index (χ2n) is 7.09. The lowest BCUT2D eigenvalue weighted by molar-refractivity contribution is 0.0950. The van der Waals surface area contributed by atoms with E-state index in [2.05, 4.69) is 27.0 Å². The zero-order chi connectivity index (χ0) is 19.8. The van der Waals surface area contributed by atoms with Crippen molar-refractivity contribution in [2.24, 2.45) is 0 Å². The smallest absolute Gasteiger partial charge is 0.251 e. The third-order valence-electron chi connectivity index (χ3n) is 5.36. The molecule has 1 unspecified atom stereocenters. The molecule has 1 aliphatic rings. The molecule has 2 heterocycles. The summed E-state index contributed by atoms with van der Waals surface area (Å²) >= 11 is 0. The summed E-state index contributed by atoms with van der Waals surface area (Å²) in [6, 6.07) is 21.8. The Bertz CT molecular complexity index is 1200. The Morgan fingerprint density at radius 1 is 1.00 bits per heavy atom. The normalized spacial score (nSPS) is 14.3.